The van der Waals surface area contributed by atoms with E-state index in [1.165, 1.54) is 22.3 Å². The highest BCUT2D eigenvalue weighted by Gasteiger charge is 2.11. The zero-order valence-corrected chi connectivity index (χ0v) is 11.9. The summed E-state index contributed by atoms with van der Waals surface area (Å²) >= 11 is 0. The predicted molar refractivity (Wildman–Crippen MR) is 81.0 cm³/mol. The van der Waals surface area contributed by atoms with Crippen molar-refractivity contribution in [2.24, 2.45) is 5.73 Å². The average Bonchev–Trinajstić information content (AvgIpc) is 2.38. The van der Waals surface area contributed by atoms with E-state index in [2.05, 4.69) is 62.3 Å². The molecule has 2 heteroatoms. The van der Waals surface area contributed by atoms with E-state index in [1.54, 1.807) is 0 Å². The molecule has 0 radical (unpaired) electrons. The van der Waals surface area contributed by atoms with Gasteiger partial charge in [-0.05, 0) is 43.3 Å². The van der Waals surface area contributed by atoms with Gasteiger partial charge < -0.3 is 10.6 Å². The fourth-order valence-electron chi connectivity index (χ4n) is 2.37. The third-order valence-electron chi connectivity index (χ3n) is 3.33. The third-order valence-corrected chi connectivity index (χ3v) is 3.33. The Labute approximate surface area is 115 Å². The van der Waals surface area contributed by atoms with Crippen molar-refractivity contribution in [1.29, 1.82) is 0 Å². The smallest absolute Gasteiger partial charge is 0.0554 e. The Kier molecular flexibility index (Phi) is 4.35. The molecule has 2 aromatic rings. The van der Waals surface area contributed by atoms with Crippen LogP contribution in [0.2, 0.25) is 0 Å². The molecule has 0 saturated carbocycles. The molecule has 0 fully saturated rings. The molecule has 0 saturated heterocycles. The maximum Gasteiger partial charge on any atom is 0.0554 e. The Bertz CT molecular complexity index is 546. The van der Waals surface area contributed by atoms with Gasteiger partial charge in [0.05, 0.1) is 6.04 Å². The van der Waals surface area contributed by atoms with Crippen LogP contribution in [0.5, 0.6) is 0 Å². The number of hydrogen-bond acceptors (Lipinski definition) is 2. The summed E-state index contributed by atoms with van der Waals surface area (Å²) in [6.07, 6.45) is 0. The highest BCUT2D eigenvalue weighted by atomic mass is 15.0. The highest BCUT2D eigenvalue weighted by Crippen LogP contribution is 2.23. The Morgan fingerprint density at radius 3 is 2.47 bits per heavy atom. The lowest BCUT2D eigenvalue weighted by atomic mass is 9.95. The van der Waals surface area contributed by atoms with Crippen LogP contribution in [0.25, 0.3) is 0 Å². The molecule has 2 N–H and O–H groups in total. The Morgan fingerprint density at radius 1 is 1.05 bits per heavy atom. The van der Waals surface area contributed by atoms with E-state index in [-0.39, 0.29) is 6.04 Å². The van der Waals surface area contributed by atoms with Crippen molar-refractivity contribution in [3.63, 3.8) is 0 Å². The minimum absolute atomic E-state index is 0.0525. The van der Waals surface area contributed by atoms with E-state index in [0.29, 0.717) is 0 Å². The molecule has 0 spiro atoms. The van der Waals surface area contributed by atoms with Crippen LogP contribution in [0, 0.1) is 6.92 Å². The fourth-order valence-corrected chi connectivity index (χ4v) is 2.37. The zero-order valence-electron chi connectivity index (χ0n) is 11.9. The molecule has 2 nitrogen and oxygen atoms in total. The second-order valence-electron chi connectivity index (χ2n) is 5.32. The van der Waals surface area contributed by atoms with Crippen LogP contribution in [0.3, 0.4) is 0 Å². The van der Waals surface area contributed by atoms with Crippen LogP contribution in [-0.2, 0) is 6.54 Å². The first-order chi connectivity index (χ1) is 9.08. The largest absolute Gasteiger partial charge is 0.320 e. The van der Waals surface area contributed by atoms with Gasteiger partial charge in [0.1, 0.15) is 0 Å². The number of nitrogens with two attached hydrogens (primary N) is 1. The zero-order chi connectivity index (χ0) is 13.8. The summed E-state index contributed by atoms with van der Waals surface area (Å²) in [5.74, 6) is 0. The second-order valence-corrected chi connectivity index (χ2v) is 5.32. The molecular formula is C17H22N2. The first-order valence-corrected chi connectivity index (χ1v) is 6.62. The predicted octanol–water partition coefficient (Wildman–Crippen LogP) is 3.10. The lowest BCUT2D eigenvalue weighted by Crippen LogP contribution is -2.15. The molecule has 0 bridgehead atoms. The van der Waals surface area contributed by atoms with Gasteiger partial charge in [-0.3, -0.25) is 0 Å². The number of benzene rings is 2. The topological polar surface area (TPSA) is 29.3 Å². The van der Waals surface area contributed by atoms with Gasteiger partial charge in [0.25, 0.3) is 0 Å². The monoisotopic (exact) mass is 254 g/mol. The molecular weight excluding hydrogens is 232 g/mol. The van der Waals surface area contributed by atoms with Crippen LogP contribution >= 0.6 is 0 Å². The Morgan fingerprint density at radius 2 is 1.79 bits per heavy atom. The quantitative estimate of drug-likeness (QED) is 0.908. The normalized spacial score (nSPS) is 12.7. The van der Waals surface area contributed by atoms with Crippen molar-refractivity contribution in [2.75, 3.05) is 14.1 Å². The Hall–Kier alpha value is -1.64. The van der Waals surface area contributed by atoms with Crippen LogP contribution in [0.1, 0.15) is 28.3 Å². The lowest BCUT2D eigenvalue weighted by Gasteiger charge is -2.17. The fraction of sp³-hybridized carbons (Fsp3) is 0.294. The SMILES string of the molecule is Cc1ccccc1C(N)c1cccc(CN(C)C)c1. The summed E-state index contributed by atoms with van der Waals surface area (Å²) in [5.41, 5.74) is 11.3. The first kappa shape index (κ1) is 13.8. The van der Waals surface area contributed by atoms with E-state index in [4.69, 9.17) is 5.73 Å². The van der Waals surface area contributed by atoms with Gasteiger partial charge >= 0.3 is 0 Å². The van der Waals surface area contributed by atoms with Crippen molar-refractivity contribution >= 4 is 0 Å². The lowest BCUT2D eigenvalue weighted by molar-refractivity contribution is 0.402. The van der Waals surface area contributed by atoms with E-state index < -0.39 is 0 Å². The van der Waals surface area contributed by atoms with Crippen molar-refractivity contribution in [3.8, 4) is 0 Å². The van der Waals surface area contributed by atoms with Crippen molar-refractivity contribution < 1.29 is 0 Å². The van der Waals surface area contributed by atoms with E-state index in [0.717, 1.165) is 6.54 Å². The van der Waals surface area contributed by atoms with Gasteiger partial charge in [-0.1, -0.05) is 48.5 Å². The van der Waals surface area contributed by atoms with Crippen LogP contribution in [-0.4, -0.2) is 19.0 Å². The maximum atomic E-state index is 6.40. The van der Waals surface area contributed by atoms with Crippen LogP contribution in [0.4, 0.5) is 0 Å². The summed E-state index contributed by atoms with van der Waals surface area (Å²) in [6.45, 7) is 3.05. The molecule has 0 aliphatic heterocycles. The number of hydrogen-bond donors (Lipinski definition) is 1. The maximum absolute atomic E-state index is 6.40. The van der Waals surface area contributed by atoms with Crippen LogP contribution in [0.15, 0.2) is 48.5 Å². The molecule has 0 amide bonds. The van der Waals surface area contributed by atoms with Gasteiger partial charge in [-0.15, -0.1) is 0 Å². The highest BCUT2D eigenvalue weighted by molar-refractivity contribution is 5.37. The molecule has 19 heavy (non-hydrogen) atoms. The van der Waals surface area contributed by atoms with Gasteiger partial charge in [0, 0.05) is 6.54 Å². The van der Waals surface area contributed by atoms with Gasteiger partial charge in [0.15, 0.2) is 0 Å². The van der Waals surface area contributed by atoms with Gasteiger partial charge in [0.2, 0.25) is 0 Å². The van der Waals surface area contributed by atoms with Gasteiger partial charge in [-0.25, -0.2) is 0 Å². The molecule has 0 aromatic heterocycles. The average molecular weight is 254 g/mol. The summed E-state index contributed by atoms with van der Waals surface area (Å²) in [7, 11) is 4.15. The van der Waals surface area contributed by atoms with E-state index in [1.807, 2.05) is 12.1 Å². The summed E-state index contributed by atoms with van der Waals surface area (Å²) in [4.78, 5) is 2.17. The van der Waals surface area contributed by atoms with Gasteiger partial charge in [-0.2, -0.15) is 0 Å². The van der Waals surface area contributed by atoms with Crippen molar-refractivity contribution in [3.05, 3.63) is 70.8 Å². The minimum Gasteiger partial charge on any atom is -0.320 e. The minimum atomic E-state index is -0.0525. The molecule has 2 aromatic carbocycles. The standard InChI is InChI=1S/C17H22N2/c1-13-7-4-5-10-16(13)17(18)15-9-6-8-14(11-15)12-19(2)3/h4-11,17H,12,18H2,1-3H3. The molecule has 2 rings (SSSR count). The molecule has 100 valence electrons. The second kappa shape index (κ2) is 6.00. The van der Waals surface area contributed by atoms with Crippen LogP contribution < -0.4 is 5.73 Å². The van der Waals surface area contributed by atoms with E-state index in [9.17, 15) is 0 Å². The van der Waals surface area contributed by atoms with Crippen molar-refractivity contribution in [2.45, 2.75) is 19.5 Å². The molecule has 1 unspecified atom stereocenters. The van der Waals surface area contributed by atoms with Crippen molar-refractivity contribution in [1.82, 2.24) is 4.90 Å². The molecule has 0 aliphatic rings. The number of aryl methyl sites for hydroxylation is 1. The molecule has 0 heterocycles. The summed E-state index contributed by atoms with van der Waals surface area (Å²) < 4.78 is 0. The number of rotatable bonds is 4. The van der Waals surface area contributed by atoms with E-state index >= 15 is 0 Å². The Balaban J connectivity index is 2.29. The third kappa shape index (κ3) is 3.43. The number of nitrogens with zero attached hydrogens (tertiary/aromatic N) is 1. The molecule has 0 aliphatic carbocycles. The summed E-state index contributed by atoms with van der Waals surface area (Å²) in [6, 6.07) is 16.8. The first-order valence-electron chi connectivity index (χ1n) is 6.62. The summed E-state index contributed by atoms with van der Waals surface area (Å²) in [5, 5.41) is 0. The molecule has 1 atom stereocenters.